The van der Waals surface area contributed by atoms with Crippen molar-refractivity contribution < 1.29 is 4.74 Å². The van der Waals surface area contributed by atoms with Crippen LogP contribution in [0.25, 0.3) is 42.1 Å². The second-order valence-electron chi connectivity index (χ2n) is 14.1. The lowest BCUT2D eigenvalue weighted by Crippen LogP contribution is -2.11. The van der Waals surface area contributed by atoms with Gasteiger partial charge < -0.3 is 14.5 Å². The second kappa shape index (κ2) is 14.1. The third-order valence-electron chi connectivity index (χ3n) is 10.7. The molecule has 0 aliphatic carbocycles. The highest BCUT2D eigenvalue weighted by Gasteiger charge is 2.27. The van der Waals surface area contributed by atoms with E-state index in [0.717, 1.165) is 77.3 Å². The van der Waals surface area contributed by atoms with Crippen molar-refractivity contribution in [2.24, 2.45) is 0 Å². The number of ether oxygens (including phenoxy) is 1. The van der Waals surface area contributed by atoms with Crippen LogP contribution in [0.3, 0.4) is 0 Å². The van der Waals surface area contributed by atoms with E-state index < -0.39 is 0 Å². The van der Waals surface area contributed by atoms with Gasteiger partial charge in [0.05, 0.1) is 15.5 Å². The second-order valence-corrected chi connectivity index (χ2v) is 16.3. The fourth-order valence-corrected chi connectivity index (χ4v) is 10.2. The lowest BCUT2D eigenvalue weighted by atomic mass is 10.0. The van der Waals surface area contributed by atoms with E-state index >= 15 is 0 Å². The molecule has 5 heteroatoms. The van der Waals surface area contributed by atoms with Gasteiger partial charge in [-0.1, -0.05) is 133 Å². The first-order valence-corrected chi connectivity index (χ1v) is 20.7. The zero-order chi connectivity index (χ0) is 37.7. The Bertz CT molecular complexity index is 3030. The number of anilines is 6. The number of benzene rings is 9. The highest BCUT2D eigenvalue weighted by atomic mass is 32.2. The van der Waals surface area contributed by atoms with Crippen LogP contribution in [0.5, 0.6) is 11.5 Å². The Kier molecular flexibility index (Phi) is 8.27. The predicted molar refractivity (Wildman–Crippen MR) is 242 cm³/mol. The van der Waals surface area contributed by atoms with Crippen LogP contribution in [0.2, 0.25) is 0 Å². The molecule has 1 aromatic heterocycles. The van der Waals surface area contributed by atoms with Crippen molar-refractivity contribution in [1.29, 1.82) is 0 Å². The largest absolute Gasteiger partial charge is 0.454 e. The SMILES string of the molecule is c1ccc(N(c2ccccc2)c2ccc(-c3cc(N(c4ccccc4)c4cccc5sc6ccccc6c45)cc4c3Oc3c(ccc5ccccc35)S4)cc2)cc1. The summed E-state index contributed by atoms with van der Waals surface area (Å²) in [6.45, 7) is 0. The van der Waals surface area contributed by atoms with Crippen LogP contribution in [0.1, 0.15) is 0 Å². The van der Waals surface area contributed by atoms with Crippen molar-refractivity contribution >= 4 is 88.2 Å². The zero-order valence-corrected chi connectivity index (χ0v) is 32.4. The van der Waals surface area contributed by atoms with Crippen LogP contribution in [-0.2, 0) is 0 Å². The molecule has 3 nitrogen and oxygen atoms in total. The van der Waals surface area contributed by atoms with Crippen LogP contribution in [0.4, 0.5) is 34.1 Å². The average molecular weight is 767 g/mol. The summed E-state index contributed by atoms with van der Waals surface area (Å²) in [7, 11) is 0. The van der Waals surface area contributed by atoms with Crippen molar-refractivity contribution in [3.05, 3.63) is 206 Å². The molecule has 11 rings (SSSR count). The van der Waals surface area contributed by atoms with E-state index in [2.05, 4.69) is 216 Å². The maximum atomic E-state index is 7.11. The number of fused-ring (bicyclic) bond motifs is 7. The molecule has 9 aromatic carbocycles. The molecule has 0 saturated heterocycles. The van der Waals surface area contributed by atoms with E-state index in [9.17, 15) is 0 Å². The van der Waals surface area contributed by atoms with Crippen molar-refractivity contribution in [2.45, 2.75) is 9.79 Å². The van der Waals surface area contributed by atoms with Crippen LogP contribution in [0.15, 0.2) is 216 Å². The molecule has 0 atom stereocenters. The summed E-state index contributed by atoms with van der Waals surface area (Å²) in [5.74, 6) is 1.78. The van der Waals surface area contributed by atoms with Crippen molar-refractivity contribution in [3.8, 4) is 22.6 Å². The van der Waals surface area contributed by atoms with E-state index in [4.69, 9.17) is 4.74 Å². The fourth-order valence-electron chi connectivity index (χ4n) is 8.08. The molecule has 1 aliphatic rings. The maximum Gasteiger partial charge on any atom is 0.149 e. The number of para-hydroxylation sites is 3. The number of hydrogen-bond acceptors (Lipinski definition) is 5. The molecule has 2 heterocycles. The summed E-state index contributed by atoms with van der Waals surface area (Å²) in [5, 5.41) is 4.80. The fraction of sp³-hybridized carbons (Fsp3) is 0. The van der Waals surface area contributed by atoms with Gasteiger partial charge in [-0.15, -0.1) is 11.3 Å². The summed E-state index contributed by atoms with van der Waals surface area (Å²) in [6, 6.07) is 73.7. The van der Waals surface area contributed by atoms with Gasteiger partial charge in [0.1, 0.15) is 11.5 Å². The van der Waals surface area contributed by atoms with Crippen molar-refractivity contribution in [1.82, 2.24) is 0 Å². The first-order valence-electron chi connectivity index (χ1n) is 19.1. The van der Waals surface area contributed by atoms with E-state index in [1.165, 1.54) is 20.2 Å². The van der Waals surface area contributed by atoms with Gasteiger partial charge >= 0.3 is 0 Å². The molecule has 0 radical (unpaired) electrons. The smallest absolute Gasteiger partial charge is 0.149 e. The molecule has 0 spiro atoms. The summed E-state index contributed by atoms with van der Waals surface area (Å²) in [4.78, 5) is 6.90. The number of thiophene rings is 1. The third kappa shape index (κ3) is 5.91. The molecule has 0 fully saturated rings. The minimum atomic E-state index is 0.871. The zero-order valence-electron chi connectivity index (χ0n) is 30.7. The van der Waals surface area contributed by atoms with E-state index in [1.54, 1.807) is 11.8 Å². The maximum absolute atomic E-state index is 7.11. The Labute approximate surface area is 339 Å². The number of hydrogen-bond donors (Lipinski definition) is 0. The van der Waals surface area contributed by atoms with Gasteiger partial charge in [-0.3, -0.25) is 0 Å². The minimum absolute atomic E-state index is 0.871. The predicted octanol–water partition coefficient (Wildman–Crippen LogP) is 16.1. The first kappa shape index (κ1) is 33.5. The highest BCUT2D eigenvalue weighted by molar-refractivity contribution is 7.99. The van der Waals surface area contributed by atoms with E-state index in [1.807, 2.05) is 11.3 Å². The molecule has 0 amide bonds. The Morgan fingerprint density at radius 3 is 1.70 bits per heavy atom. The lowest BCUT2D eigenvalue weighted by Gasteiger charge is -2.30. The van der Waals surface area contributed by atoms with E-state index in [-0.39, 0.29) is 0 Å². The molecule has 10 aromatic rings. The monoisotopic (exact) mass is 766 g/mol. The Morgan fingerprint density at radius 1 is 0.386 bits per heavy atom. The van der Waals surface area contributed by atoms with Gasteiger partial charge in [0.25, 0.3) is 0 Å². The van der Waals surface area contributed by atoms with Crippen molar-refractivity contribution in [2.75, 3.05) is 9.80 Å². The highest BCUT2D eigenvalue weighted by Crippen LogP contribution is 2.56. The first-order chi connectivity index (χ1) is 28.3. The van der Waals surface area contributed by atoms with Crippen LogP contribution >= 0.6 is 23.1 Å². The Hall–Kier alpha value is -6.79. The number of nitrogens with zero attached hydrogens (tertiary/aromatic N) is 2. The average Bonchev–Trinajstić information content (AvgIpc) is 3.67. The lowest BCUT2D eigenvalue weighted by molar-refractivity contribution is 0.462. The summed E-state index contributed by atoms with van der Waals surface area (Å²) in [5.41, 5.74) is 8.71. The van der Waals surface area contributed by atoms with Gasteiger partial charge in [0.15, 0.2) is 0 Å². The van der Waals surface area contributed by atoms with Gasteiger partial charge in [-0.25, -0.2) is 0 Å². The molecule has 0 unspecified atom stereocenters. The standard InChI is InChI=1S/C52H34N2OS2/c1-4-16-37(17-5-1)53(38-18-6-2-7-19-38)40-30-27-36(28-31-40)44-33-41(34-49-52(44)55-51-42-22-11-10-15-35(42)29-32-48(51)57-49)54(39-20-8-3-9-21-39)45-24-14-26-47-50(45)43-23-12-13-25-46(43)56-47/h1-34H. The number of rotatable bonds is 7. The molecule has 0 bridgehead atoms. The molecule has 0 saturated carbocycles. The molecular formula is C52H34N2OS2. The molecule has 0 N–H and O–H groups in total. The molecule has 270 valence electrons. The molecule has 1 aliphatic heterocycles. The summed E-state index contributed by atoms with van der Waals surface area (Å²) >= 11 is 3.63. The molecule has 57 heavy (non-hydrogen) atoms. The quantitative estimate of drug-likeness (QED) is 0.160. The van der Waals surface area contributed by atoms with Crippen LogP contribution < -0.4 is 14.5 Å². The Balaban J connectivity index is 1.12. The summed E-state index contributed by atoms with van der Waals surface area (Å²) < 4.78 is 9.66. The third-order valence-corrected chi connectivity index (χ3v) is 12.9. The van der Waals surface area contributed by atoms with Gasteiger partial charge in [0, 0.05) is 59.6 Å². The van der Waals surface area contributed by atoms with Crippen LogP contribution in [-0.4, -0.2) is 0 Å². The van der Waals surface area contributed by atoms with Gasteiger partial charge in [0.2, 0.25) is 0 Å². The Morgan fingerprint density at radius 2 is 0.982 bits per heavy atom. The normalized spacial score (nSPS) is 11.9. The van der Waals surface area contributed by atoms with Gasteiger partial charge in [-0.2, -0.15) is 0 Å². The minimum Gasteiger partial charge on any atom is -0.454 e. The van der Waals surface area contributed by atoms with Crippen molar-refractivity contribution in [3.63, 3.8) is 0 Å². The van der Waals surface area contributed by atoms with Crippen LogP contribution in [0, 0.1) is 0 Å². The summed E-state index contributed by atoms with van der Waals surface area (Å²) in [6.07, 6.45) is 0. The van der Waals surface area contributed by atoms with E-state index in [0.29, 0.717) is 0 Å². The topological polar surface area (TPSA) is 15.7 Å². The molecular weight excluding hydrogens is 733 g/mol. The van der Waals surface area contributed by atoms with Gasteiger partial charge in [-0.05, 0) is 95.9 Å².